The fraction of sp³-hybridized carbons (Fsp3) is 0.462. The molecule has 0 aliphatic heterocycles. The van der Waals surface area contributed by atoms with E-state index in [4.69, 9.17) is 11.0 Å². The maximum absolute atomic E-state index is 9.11. The molecule has 84 valence electrons. The average molecular weight is 215 g/mol. The molecular weight excluding hydrogens is 198 g/mol. The zero-order valence-corrected chi connectivity index (χ0v) is 9.53. The third-order valence-electron chi connectivity index (χ3n) is 3.22. The number of nitrogens with two attached hydrogens (primary N) is 1. The van der Waals surface area contributed by atoms with Gasteiger partial charge in [0, 0.05) is 12.1 Å². The summed E-state index contributed by atoms with van der Waals surface area (Å²) in [6, 6.07) is 8.90. The highest BCUT2D eigenvalue weighted by molar-refractivity contribution is 5.61. The van der Waals surface area contributed by atoms with Crippen molar-refractivity contribution in [2.75, 3.05) is 5.32 Å². The maximum atomic E-state index is 9.11. The number of nitrogens with zero attached hydrogens (tertiary/aromatic N) is 1. The topological polar surface area (TPSA) is 61.8 Å². The molecule has 0 spiro atoms. The molecule has 1 saturated carbocycles. The molecule has 3 heteroatoms. The van der Waals surface area contributed by atoms with Gasteiger partial charge in [0.05, 0.1) is 11.3 Å². The number of anilines is 1. The van der Waals surface area contributed by atoms with Crippen LogP contribution >= 0.6 is 0 Å². The molecule has 2 atom stereocenters. The summed E-state index contributed by atoms with van der Waals surface area (Å²) in [5.74, 6) is 0. The standard InChI is InChI=1S/C13H17N3/c1-9-3-2-4-13(12(9)8-14)16-11-6-5-10(15)7-11/h2-4,10-11,16H,5-7,15H2,1H3. The first-order valence-corrected chi connectivity index (χ1v) is 5.72. The van der Waals surface area contributed by atoms with Crippen molar-refractivity contribution in [2.45, 2.75) is 38.3 Å². The van der Waals surface area contributed by atoms with Crippen LogP contribution in [0.3, 0.4) is 0 Å². The van der Waals surface area contributed by atoms with Crippen molar-refractivity contribution in [1.29, 1.82) is 5.26 Å². The zero-order valence-electron chi connectivity index (χ0n) is 9.53. The van der Waals surface area contributed by atoms with Gasteiger partial charge in [0.1, 0.15) is 6.07 Å². The number of nitriles is 1. The molecule has 1 fully saturated rings. The summed E-state index contributed by atoms with van der Waals surface area (Å²) in [6.45, 7) is 1.96. The molecular formula is C13H17N3. The van der Waals surface area contributed by atoms with Gasteiger partial charge in [0.2, 0.25) is 0 Å². The summed E-state index contributed by atoms with van der Waals surface area (Å²) in [5.41, 5.74) is 8.60. The molecule has 0 bridgehead atoms. The molecule has 0 radical (unpaired) electrons. The van der Waals surface area contributed by atoms with Crippen molar-refractivity contribution < 1.29 is 0 Å². The largest absolute Gasteiger partial charge is 0.381 e. The van der Waals surface area contributed by atoms with E-state index >= 15 is 0 Å². The Kier molecular flexibility index (Phi) is 3.12. The summed E-state index contributed by atoms with van der Waals surface area (Å²) >= 11 is 0. The number of rotatable bonds is 2. The molecule has 16 heavy (non-hydrogen) atoms. The predicted octanol–water partition coefficient (Wildman–Crippen LogP) is 2.16. The van der Waals surface area contributed by atoms with Crippen LogP contribution < -0.4 is 11.1 Å². The highest BCUT2D eigenvalue weighted by Crippen LogP contribution is 2.25. The molecule has 0 amide bonds. The fourth-order valence-corrected chi connectivity index (χ4v) is 2.30. The second-order valence-electron chi connectivity index (χ2n) is 4.52. The van der Waals surface area contributed by atoms with Gasteiger partial charge in [0.15, 0.2) is 0 Å². The van der Waals surface area contributed by atoms with Gasteiger partial charge < -0.3 is 11.1 Å². The normalized spacial score (nSPS) is 24.1. The van der Waals surface area contributed by atoms with Crippen molar-refractivity contribution in [3.05, 3.63) is 29.3 Å². The van der Waals surface area contributed by atoms with Gasteiger partial charge in [-0.2, -0.15) is 5.26 Å². The minimum Gasteiger partial charge on any atom is -0.381 e. The lowest BCUT2D eigenvalue weighted by Gasteiger charge is -2.15. The Labute approximate surface area is 96.3 Å². The molecule has 1 aliphatic carbocycles. The van der Waals surface area contributed by atoms with E-state index in [1.807, 2.05) is 25.1 Å². The molecule has 0 heterocycles. The lowest BCUT2D eigenvalue weighted by atomic mass is 10.1. The number of nitrogens with one attached hydrogen (secondary N) is 1. The molecule has 3 nitrogen and oxygen atoms in total. The molecule has 2 unspecified atom stereocenters. The highest BCUT2D eigenvalue weighted by Gasteiger charge is 2.22. The molecule has 1 aromatic rings. The monoisotopic (exact) mass is 215 g/mol. The fourth-order valence-electron chi connectivity index (χ4n) is 2.30. The molecule has 1 aliphatic rings. The first kappa shape index (κ1) is 11.0. The third kappa shape index (κ3) is 2.17. The van der Waals surface area contributed by atoms with Crippen molar-refractivity contribution in [2.24, 2.45) is 5.73 Å². The van der Waals surface area contributed by atoms with E-state index in [0.29, 0.717) is 12.1 Å². The first-order chi connectivity index (χ1) is 7.70. The Morgan fingerprint density at radius 1 is 1.44 bits per heavy atom. The minimum absolute atomic E-state index is 0.313. The minimum atomic E-state index is 0.313. The smallest absolute Gasteiger partial charge is 0.102 e. The van der Waals surface area contributed by atoms with Gasteiger partial charge >= 0.3 is 0 Å². The summed E-state index contributed by atoms with van der Waals surface area (Å²) in [4.78, 5) is 0. The molecule has 2 rings (SSSR count). The van der Waals surface area contributed by atoms with E-state index in [2.05, 4.69) is 11.4 Å². The van der Waals surface area contributed by atoms with Gasteiger partial charge in [-0.1, -0.05) is 12.1 Å². The van der Waals surface area contributed by atoms with E-state index < -0.39 is 0 Å². The van der Waals surface area contributed by atoms with Gasteiger partial charge in [-0.3, -0.25) is 0 Å². The van der Waals surface area contributed by atoms with E-state index in [1.165, 1.54) is 0 Å². The van der Waals surface area contributed by atoms with Gasteiger partial charge in [-0.15, -0.1) is 0 Å². The van der Waals surface area contributed by atoms with Crippen LogP contribution in [0.4, 0.5) is 5.69 Å². The summed E-state index contributed by atoms with van der Waals surface area (Å²) in [7, 11) is 0. The maximum Gasteiger partial charge on any atom is 0.102 e. The number of aryl methyl sites for hydroxylation is 1. The van der Waals surface area contributed by atoms with E-state index in [1.54, 1.807) is 0 Å². The van der Waals surface area contributed by atoms with Crippen LogP contribution in [-0.4, -0.2) is 12.1 Å². The Morgan fingerprint density at radius 3 is 2.88 bits per heavy atom. The van der Waals surface area contributed by atoms with Crippen molar-refractivity contribution >= 4 is 5.69 Å². The molecule has 0 aromatic heterocycles. The quantitative estimate of drug-likeness (QED) is 0.794. The molecule has 3 N–H and O–H groups in total. The van der Waals surface area contributed by atoms with E-state index in [0.717, 1.165) is 36.1 Å². The highest BCUT2D eigenvalue weighted by atomic mass is 14.9. The number of hydrogen-bond donors (Lipinski definition) is 2. The van der Waals surface area contributed by atoms with Crippen LogP contribution in [0.25, 0.3) is 0 Å². The summed E-state index contributed by atoms with van der Waals surface area (Å²) in [5, 5.41) is 12.5. The lowest BCUT2D eigenvalue weighted by Crippen LogP contribution is -2.21. The van der Waals surface area contributed by atoms with E-state index in [-0.39, 0.29) is 0 Å². The summed E-state index contributed by atoms with van der Waals surface area (Å²) < 4.78 is 0. The Bertz CT molecular complexity index is 420. The summed E-state index contributed by atoms with van der Waals surface area (Å²) in [6.07, 6.45) is 3.17. The van der Waals surface area contributed by atoms with Crippen molar-refractivity contribution in [1.82, 2.24) is 0 Å². The molecule has 0 saturated heterocycles. The zero-order chi connectivity index (χ0) is 11.5. The van der Waals surface area contributed by atoms with Crippen LogP contribution in [0, 0.1) is 18.3 Å². The van der Waals surface area contributed by atoms with Crippen LogP contribution in [0.15, 0.2) is 18.2 Å². The molecule has 1 aromatic carbocycles. The van der Waals surface area contributed by atoms with Crippen molar-refractivity contribution in [3.63, 3.8) is 0 Å². The predicted molar refractivity (Wildman–Crippen MR) is 65.1 cm³/mol. The van der Waals surface area contributed by atoms with Gasteiger partial charge in [-0.25, -0.2) is 0 Å². The van der Waals surface area contributed by atoms with Crippen LogP contribution in [0.5, 0.6) is 0 Å². The Morgan fingerprint density at radius 2 is 2.25 bits per heavy atom. The van der Waals surface area contributed by atoms with Gasteiger partial charge in [-0.05, 0) is 37.8 Å². The lowest BCUT2D eigenvalue weighted by molar-refractivity contribution is 0.688. The first-order valence-electron chi connectivity index (χ1n) is 5.72. The van der Waals surface area contributed by atoms with Crippen LogP contribution in [-0.2, 0) is 0 Å². The second-order valence-corrected chi connectivity index (χ2v) is 4.52. The van der Waals surface area contributed by atoms with E-state index in [9.17, 15) is 0 Å². The van der Waals surface area contributed by atoms with Gasteiger partial charge in [0.25, 0.3) is 0 Å². The number of hydrogen-bond acceptors (Lipinski definition) is 3. The van der Waals surface area contributed by atoms with Crippen LogP contribution in [0.1, 0.15) is 30.4 Å². The number of benzene rings is 1. The Balaban J connectivity index is 2.16. The average Bonchev–Trinajstić information content (AvgIpc) is 2.64. The third-order valence-corrected chi connectivity index (χ3v) is 3.22. The SMILES string of the molecule is Cc1cccc(NC2CCC(N)C2)c1C#N. The second kappa shape index (κ2) is 4.54. The Hall–Kier alpha value is -1.53. The van der Waals surface area contributed by atoms with Crippen LogP contribution in [0.2, 0.25) is 0 Å². The van der Waals surface area contributed by atoms with Crippen molar-refractivity contribution in [3.8, 4) is 6.07 Å².